The standard InChI is InChI=1S/C14H18O3S/c1-18(15,16)12-4-2-11(3-5-12)13-10-14(13)6-8-17-9-7-14/h2-5,13H,6-10H2,1H3. The van der Waals surface area contributed by atoms with Crippen LogP contribution in [0.25, 0.3) is 0 Å². The highest BCUT2D eigenvalue weighted by Gasteiger charge is 2.54. The third-order valence-electron chi connectivity index (χ3n) is 4.39. The van der Waals surface area contributed by atoms with Crippen molar-refractivity contribution in [3.8, 4) is 0 Å². The smallest absolute Gasteiger partial charge is 0.175 e. The molecule has 1 saturated carbocycles. The van der Waals surface area contributed by atoms with Gasteiger partial charge in [-0.2, -0.15) is 0 Å². The van der Waals surface area contributed by atoms with Gasteiger partial charge in [-0.05, 0) is 48.3 Å². The molecule has 0 N–H and O–H groups in total. The second-order valence-corrected chi connectivity index (χ2v) is 7.59. The molecule has 1 aromatic rings. The molecule has 18 heavy (non-hydrogen) atoms. The van der Waals surface area contributed by atoms with E-state index in [4.69, 9.17) is 4.74 Å². The third-order valence-corrected chi connectivity index (χ3v) is 5.52. The van der Waals surface area contributed by atoms with Crippen molar-refractivity contribution in [2.24, 2.45) is 5.41 Å². The molecule has 1 aliphatic carbocycles. The molecule has 1 heterocycles. The maximum atomic E-state index is 11.4. The van der Waals surface area contributed by atoms with Gasteiger partial charge in [-0.15, -0.1) is 0 Å². The maximum Gasteiger partial charge on any atom is 0.175 e. The normalized spacial score (nSPS) is 26.2. The predicted molar refractivity (Wildman–Crippen MR) is 69.4 cm³/mol. The molecule has 0 bridgehead atoms. The Bertz CT molecular complexity index is 539. The minimum atomic E-state index is -3.08. The van der Waals surface area contributed by atoms with Gasteiger partial charge in [0.05, 0.1) is 4.90 Å². The van der Waals surface area contributed by atoms with E-state index in [1.54, 1.807) is 12.1 Å². The Labute approximate surface area is 108 Å². The minimum Gasteiger partial charge on any atom is -0.381 e. The van der Waals surface area contributed by atoms with Crippen LogP contribution < -0.4 is 0 Å². The molecule has 0 aromatic heterocycles. The summed E-state index contributed by atoms with van der Waals surface area (Å²) in [7, 11) is -3.08. The van der Waals surface area contributed by atoms with Gasteiger partial charge in [0.25, 0.3) is 0 Å². The highest BCUT2D eigenvalue weighted by molar-refractivity contribution is 7.90. The highest BCUT2D eigenvalue weighted by Crippen LogP contribution is 2.64. The Morgan fingerprint density at radius 3 is 2.33 bits per heavy atom. The Morgan fingerprint density at radius 1 is 1.17 bits per heavy atom. The molecular weight excluding hydrogens is 248 g/mol. The zero-order valence-corrected chi connectivity index (χ0v) is 11.4. The van der Waals surface area contributed by atoms with Crippen molar-refractivity contribution in [3.63, 3.8) is 0 Å². The average Bonchev–Trinajstić information content (AvgIpc) is 3.03. The van der Waals surface area contributed by atoms with Gasteiger partial charge >= 0.3 is 0 Å². The molecule has 1 aliphatic heterocycles. The van der Waals surface area contributed by atoms with Gasteiger partial charge in [-0.25, -0.2) is 8.42 Å². The van der Waals surface area contributed by atoms with Crippen LogP contribution in [0.1, 0.15) is 30.7 Å². The van der Waals surface area contributed by atoms with Gasteiger partial charge in [0.15, 0.2) is 9.84 Å². The van der Waals surface area contributed by atoms with Crippen molar-refractivity contribution in [2.75, 3.05) is 19.5 Å². The first-order chi connectivity index (χ1) is 8.51. The van der Waals surface area contributed by atoms with Gasteiger partial charge in [-0.3, -0.25) is 0 Å². The van der Waals surface area contributed by atoms with Gasteiger partial charge in [-0.1, -0.05) is 12.1 Å². The molecule has 98 valence electrons. The summed E-state index contributed by atoms with van der Waals surface area (Å²) in [4.78, 5) is 0.410. The quantitative estimate of drug-likeness (QED) is 0.825. The molecule has 2 fully saturated rings. The Hall–Kier alpha value is -0.870. The summed E-state index contributed by atoms with van der Waals surface area (Å²) in [5.74, 6) is 0.606. The summed E-state index contributed by atoms with van der Waals surface area (Å²) in [5.41, 5.74) is 1.73. The fourth-order valence-corrected chi connectivity index (χ4v) is 3.73. The van der Waals surface area contributed by atoms with Crippen LogP contribution >= 0.6 is 0 Å². The molecule has 1 aromatic carbocycles. The number of benzene rings is 1. The first kappa shape index (κ1) is 12.2. The lowest BCUT2D eigenvalue weighted by Crippen LogP contribution is -2.18. The lowest BCUT2D eigenvalue weighted by molar-refractivity contribution is 0.0557. The summed E-state index contributed by atoms with van der Waals surface area (Å²) in [6.07, 6.45) is 4.77. The van der Waals surface area contributed by atoms with E-state index in [-0.39, 0.29) is 0 Å². The first-order valence-corrected chi connectivity index (χ1v) is 8.28. The second-order valence-electron chi connectivity index (χ2n) is 5.57. The monoisotopic (exact) mass is 266 g/mol. The minimum absolute atomic E-state index is 0.410. The lowest BCUT2D eigenvalue weighted by Gasteiger charge is -2.23. The lowest BCUT2D eigenvalue weighted by atomic mass is 9.91. The zero-order valence-electron chi connectivity index (χ0n) is 10.6. The average molecular weight is 266 g/mol. The zero-order chi connectivity index (χ0) is 12.8. The number of sulfone groups is 1. The number of rotatable bonds is 2. The summed E-state index contributed by atoms with van der Waals surface area (Å²) in [6.45, 7) is 1.75. The fraction of sp³-hybridized carbons (Fsp3) is 0.571. The van der Waals surface area contributed by atoms with Crippen LogP contribution in [0.4, 0.5) is 0 Å². The van der Waals surface area contributed by atoms with E-state index in [0.717, 1.165) is 26.1 Å². The Morgan fingerprint density at radius 2 is 1.78 bits per heavy atom. The van der Waals surface area contributed by atoms with Gasteiger partial charge in [0.1, 0.15) is 0 Å². The van der Waals surface area contributed by atoms with Crippen LogP contribution in [0.15, 0.2) is 29.2 Å². The van der Waals surface area contributed by atoms with Crippen molar-refractivity contribution >= 4 is 9.84 Å². The molecular formula is C14H18O3S. The van der Waals surface area contributed by atoms with Crippen molar-refractivity contribution < 1.29 is 13.2 Å². The number of hydrogen-bond donors (Lipinski definition) is 0. The predicted octanol–water partition coefficient (Wildman–Crippen LogP) is 2.37. The van der Waals surface area contributed by atoms with Crippen LogP contribution in [0.2, 0.25) is 0 Å². The van der Waals surface area contributed by atoms with E-state index >= 15 is 0 Å². The van der Waals surface area contributed by atoms with Gasteiger partial charge < -0.3 is 4.74 Å². The molecule has 1 saturated heterocycles. The van der Waals surface area contributed by atoms with E-state index in [1.165, 1.54) is 18.2 Å². The highest BCUT2D eigenvalue weighted by atomic mass is 32.2. The van der Waals surface area contributed by atoms with Crippen LogP contribution in [-0.2, 0) is 14.6 Å². The molecule has 3 nitrogen and oxygen atoms in total. The summed E-state index contributed by atoms with van der Waals surface area (Å²) in [5, 5.41) is 0. The van der Waals surface area contributed by atoms with Crippen molar-refractivity contribution in [1.82, 2.24) is 0 Å². The summed E-state index contributed by atoms with van der Waals surface area (Å²) < 4.78 is 28.2. The maximum absolute atomic E-state index is 11.4. The first-order valence-electron chi connectivity index (χ1n) is 6.39. The fourth-order valence-electron chi connectivity index (χ4n) is 3.10. The molecule has 0 radical (unpaired) electrons. The van der Waals surface area contributed by atoms with E-state index < -0.39 is 9.84 Å². The Balaban J connectivity index is 1.79. The van der Waals surface area contributed by atoms with Crippen LogP contribution in [-0.4, -0.2) is 27.9 Å². The largest absolute Gasteiger partial charge is 0.381 e. The van der Waals surface area contributed by atoms with E-state index in [9.17, 15) is 8.42 Å². The van der Waals surface area contributed by atoms with Gasteiger partial charge in [0.2, 0.25) is 0 Å². The topological polar surface area (TPSA) is 43.4 Å². The van der Waals surface area contributed by atoms with Crippen molar-refractivity contribution in [1.29, 1.82) is 0 Å². The summed E-state index contributed by atoms with van der Waals surface area (Å²) >= 11 is 0. The van der Waals surface area contributed by atoms with Crippen LogP contribution in [0, 0.1) is 5.41 Å². The SMILES string of the molecule is CS(=O)(=O)c1ccc(C2CC23CCOCC3)cc1. The van der Waals surface area contributed by atoms with Gasteiger partial charge in [0, 0.05) is 19.5 Å². The molecule has 0 amide bonds. The number of ether oxygens (including phenoxy) is 1. The van der Waals surface area contributed by atoms with Crippen LogP contribution in [0.3, 0.4) is 0 Å². The Kier molecular flexibility index (Phi) is 2.75. The van der Waals surface area contributed by atoms with Crippen molar-refractivity contribution in [2.45, 2.75) is 30.1 Å². The number of hydrogen-bond acceptors (Lipinski definition) is 3. The van der Waals surface area contributed by atoms with E-state index in [0.29, 0.717) is 16.2 Å². The molecule has 1 unspecified atom stereocenters. The summed E-state index contributed by atoms with van der Waals surface area (Å²) in [6, 6.07) is 7.42. The molecule has 4 heteroatoms. The third kappa shape index (κ3) is 2.08. The van der Waals surface area contributed by atoms with Crippen molar-refractivity contribution in [3.05, 3.63) is 29.8 Å². The molecule has 1 spiro atoms. The second kappa shape index (κ2) is 4.07. The van der Waals surface area contributed by atoms with E-state index in [1.807, 2.05) is 12.1 Å². The molecule has 1 atom stereocenters. The molecule has 2 aliphatic rings. The van der Waals surface area contributed by atoms with Crippen LogP contribution in [0.5, 0.6) is 0 Å². The van der Waals surface area contributed by atoms with E-state index in [2.05, 4.69) is 0 Å². The molecule has 3 rings (SSSR count).